The molecule has 1 aliphatic heterocycles. The zero-order valence-electron chi connectivity index (χ0n) is 11.7. The van der Waals surface area contributed by atoms with Crippen LogP contribution in [-0.2, 0) is 19.5 Å². The van der Waals surface area contributed by atoms with Crippen molar-refractivity contribution in [3.63, 3.8) is 0 Å². The molecule has 3 N–H and O–H groups in total. The molecule has 0 atom stereocenters. The van der Waals surface area contributed by atoms with Crippen LogP contribution in [-0.4, -0.2) is 40.0 Å². The van der Waals surface area contributed by atoms with E-state index < -0.39 is 0 Å². The van der Waals surface area contributed by atoms with Crippen molar-refractivity contribution in [1.29, 1.82) is 0 Å². The molecule has 0 bridgehead atoms. The number of nitrogens with zero attached hydrogens (tertiary/aromatic N) is 3. The smallest absolute Gasteiger partial charge is 0.0971 e. The Morgan fingerprint density at radius 2 is 2.05 bits per heavy atom. The molecule has 1 aromatic carbocycles. The quantitative estimate of drug-likeness (QED) is 0.822. The van der Waals surface area contributed by atoms with E-state index in [0.29, 0.717) is 6.54 Å². The number of anilines is 1. The molecule has 2 aromatic rings. The van der Waals surface area contributed by atoms with E-state index in [1.807, 2.05) is 28.9 Å². The first kappa shape index (κ1) is 13.1. The summed E-state index contributed by atoms with van der Waals surface area (Å²) < 4.78 is 1.95. The molecule has 3 rings (SSSR count). The van der Waals surface area contributed by atoms with Crippen molar-refractivity contribution in [2.75, 3.05) is 25.9 Å². The van der Waals surface area contributed by atoms with Gasteiger partial charge in [0.25, 0.3) is 0 Å². The van der Waals surface area contributed by atoms with Crippen LogP contribution >= 0.6 is 0 Å². The van der Waals surface area contributed by atoms with Gasteiger partial charge in [0.05, 0.1) is 18.8 Å². The minimum absolute atomic E-state index is 0.116. The molecule has 5 heteroatoms. The lowest BCUT2D eigenvalue weighted by molar-refractivity contribution is 0.262. The Morgan fingerprint density at radius 3 is 2.75 bits per heavy atom. The zero-order chi connectivity index (χ0) is 14.1. The van der Waals surface area contributed by atoms with Crippen molar-refractivity contribution < 1.29 is 5.11 Å². The molecule has 0 unspecified atom stereocenters. The van der Waals surface area contributed by atoms with E-state index >= 15 is 0 Å². The van der Waals surface area contributed by atoms with Gasteiger partial charge in [-0.1, -0.05) is 12.1 Å². The molecule has 1 aromatic heterocycles. The van der Waals surface area contributed by atoms with Crippen LogP contribution in [0.2, 0.25) is 0 Å². The number of aromatic nitrogens is 2. The molecule has 106 valence electrons. The van der Waals surface area contributed by atoms with E-state index in [0.717, 1.165) is 36.5 Å². The second-order valence-corrected chi connectivity index (χ2v) is 5.33. The van der Waals surface area contributed by atoms with Gasteiger partial charge in [0.2, 0.25) is 0 Å². The molecule has 1 aliphatic rings. The van der Waals surface area contributed by atoms with Crippen molar-refractivity contribution >= 4 is 5.69 Å². The first-order chi connectivity index (χ1) is 9.69. The Labute approximate surface area is 118 Å². The number of hydrogen-bond acceptors (Lipinski definition) is 4. The summed E-state index contributed by atoms with van der Waals surface area (Å²) in [6.45, 7) is 2.61. The minimum atomic E-state index is 0.116. The van der Waals surface area contributed by atoms with Gasteiger partial charge in [0.1, 0.15) is 0 Å². The van der Waals surface area contributed by atoms with Crippen LogP contribution in [0.5, 0.6) is 0 Å². The lowest BCUT2D eigenvalue weighted by Gasteiger charge is -2.23. The monoisotopic (exact) mass is 272 g/mol. The number of nitrogens with two attached hydrogens (primary N) is 1. The van der Waals surface area contributed by atoms with Gasteiger partial charge in [-0.05, 0) is 19.2 Å². The maximum Gasteiger partial charge on any atom is 0.0971 e. The van der Waals surface area contributed by atoms with E-state index in [4.69, 9.17) is 10.8 Å². The van der Waals surface area contributed by atoms with Gasteiger partial charge in [-0.15, -0.1) is 0 Å². The maximum absolute atomic E-state index is 9.20. The number of aliphatic hydroxyl groups excluding tert-OH is 1. The summed E-state index contributed by atoms with van der Waals surface area (Å²) in [5.41, 5.74) is 11.1. The summed E-state index contributed by atoms with van der Waals surface area (Å²) in [6.07, 6.45) is 0.980. The molecule has 0 amide bonds. The van der Waals surface area contributed by atoms with Gasteiger partial charge >= 0.3 is 0 Å². The fraction of sp³-hybridized carbons (Fsp3) is 0.400. The predicted octanol–water partition coefficient (Wildman–Crippen LogP) is 1.11. The van der Waals surface area contributed by atoms with Crippen LogP contribution in [0.1, 0.15) is 11.3 Å². The van der Waals surface area contributed by atoms with Crippen molar-refractivity contribution in [3.05, 3.63) is 35.5 Å². The van der Waals surface area contributed by atoms with Crippen LogP contribution in [0.4, 0.5) is 5.69 Å². The van der Waals surface area contributed by atoms with Crippen molar-refractivity contribution in [2.45, 2.75) is 19.5 Å². The molecule has 20 heavy (non-hydrogen) atoms. The molecule has 0 spiro atoms. The van der Waals surface area contributed by atoms with E-state index in [9.17, 15) is 5.11 Å². The van der Waals surface area contributed by atoms with Gasteiger partial charge in [-0.25, -0.2) is 0 Å². The Bertz CT molecular complexity index is 603. The van der Waals surface area contributed by atoms with Gasteiger partial charge in [0.15, 0.2) is 0 Å². The number of likely N-dealkylation sites (N-methyl/N-ethyl adjacent to an activating group) is 1. The summed E-state index contributed by atoms with van der Waals surface area (Å²) in [5.74, 6) is 0. The maximum atomic E-state index is 9.20. The van der Waals surface area contributed by atoms with Gasteiger partial charge in [-0.2, -0.15) is 5.10 Å². The Kier molecular flexibility index (Phi) is 3.46. The molecule has 5 nitrogen and oxygen atoms in total. The summed E-state index contributed by atoms with van der Waals surface area (Å²) in [4.78, 5) is 2.30. The minimum Gasteiger partial charge on any atom is -0.399 e. The molecule has 0 saturated carbocycles. The molecule has 0 radical (unpaired) electrons. The highest BCUT2D eigenvalue weighted by Gasteiger charge is 2.23. The number of nitrogen functional groups attached to an aromatic ring is 1. The standard InChI is InChI=1S/C15H20N4O/c1-18-7-6-14-13(10-18)15(17-19(14)8-9-20)11-2-4-12(16)5-3-11/h2-5,20H,6-10,16H2,1H3. The average molecular weight is 272 g/mol. The summed E-state index contributed by atoms with van der Waals surface area (Å²) >= 11 is 0. The highest BCUT2D eigenvalue weighted by Crippen LogP contribution is 2.30. The molecule has 0 saturated heterocycles. The molecule has 2 heterocycles. The van der Waals surface area contributed by atoms with Gasteiger partial charge in [0, 0.05) is 42.0 Å². The van der Waals surface area contributed by atoms with Crippen LogP contribution in [0.3, 0.4) is 0 Å². The Hall–Kier alpha value is -1.85. The normalized spacial score (nSPS) is 15.3. The number of hydrogen-bond donors (Lipinski definition) is 2. The van der Waals surface area contributed by atoms with Crippen LogP contribution < -0.4 is 5.73 Å². The highest BCUT2D eigenvalue weighted by atomic mass is 16.3. The largest absolute Gasteiger partial charge is 0.399 e. The number of aliphatic hydroxyl groups is 1. The molecular weight excluding hydrogens is 252 g/mol. The second kappa shape index (κ2) is 5.26. The van der Waals surface area contributed by atoms with Gasteiger partial charge < -0.3 is 15.7 Å². The summed E-state index contributed by atoms with van der Waals surface area (Å²) in [5, 5.41) is 13.9. The number of rotatable bonds is 3. The highest BCUT2D eigenvalue weighted by molar-refractivity contribution is 5.66. The third-order valence-electron chi connectivity index (χ3n) is 3.82. The Balaban J connectivity index is 2.08. The fourth-order valence-corrected chi connectivity index (χ4v) is 2.78. The Morgan fingerprint density at radius 1 is 1.30 bits per heavy atom. The summed E-state index contributed by atoms with van der Waals surface area (Å²) in [6, 6.07) is 7.82. The van der Waals surface area contributed by atoms with E-state index in [1.54, 1.807) is 0 Å². The van der Waals surface area contributed by atoms with E-state index in [-0.39, 0.29) is 6.61 Å². The fourth-order valence-electron chi connectivity index (χ4n) is 2.78. The predicted molar refractivity (Wildman–Crippen MR) is 79.2 cm³/mol. The third kappa shape index (κ3) is 2.30. The molecule has 0 aliphatic carbocycles. The van der Waals surface area contributed by atoms with Crippen LogP contribution in [0, 0.1) is 0 Å². The van der Waals surface area contributed by atoms with E-state index in [2.05, 4.69) is 11.9 Å². The van der Waals surface area contributed by atoms with Crippen LogP contribution in [0.15, 0.2) is 24.3 Å². The first-order valence-corrected chi connectivity index (χ1v) is 6.93. The number of fused-ring (bicyclic) bond motifs is 1. The topological polar surface area (TPSA) is 67.3 Å². The summed E-state index contributed by atoms with van der Waals surface area (Å²) in [7, 11) is 2.12. The van der Waals surface area contributed by atoms with Crippen LogP contribution in [0.25, 0.3) is 11.3 Å². The van der Waals surface area contributed by atoms with Crippen molar-refractivity contribution in [2.24, 2.45) is 0 Å². The average Bonchev–Trinajstić information content (AvgIpc) is 2.78. The molecule has 0 fully saturated rings. The second-order valence-electron chi connectivity index (χ2n) is 5.33. The van der Waals surface area contributed by atoms with E-state index in [1.165, 1.54) is 11.3 Å². The van der Waals surface area contributed by atoms with Crippen molar-refractivity contribution in [1.82, 2.24) is 14.7 Å². The molecular formula is C15H20N4O. The van der Waals surface area contributed by atoms with Crippen molar-refractivity contribution in [3.8, 4) is 11.3 Å². The lowest BCUT2D eigenvalue weighted by atomic mass is 10.0. The SMILES string of the molecule is CN1CCc2c(c(-c3ccc(N)cc3)nn2CCO)C1. The third-order valence-corrected chi connectivity index (χ3v) is 3.82. The van der Waals surface area contributed by atoms with Gasteiger partial charge in [-0.3, -0.25) is 4.68 Å². The first-order valence-electron chi connectivity index (χ1n) is 6.93. The zero-order valence-corrected chi connectivity index (χ0v) is 11.7. The lowest BCUT2D eigenvalue weighted by Crippen LogP contribution is -2.27. The number of benzene rings is 1.